The molecule has 0 saturated carbocycles. The minimum absolute atomic E-state index is 0.206. The molecule has 1 amide bonds. The third-order valence-electron chi connectivity index (χ3n) is 3.87. The van der Waals surface area contributed by atoms with Gasteiger partial charge in [0.2, 0.25) is 0 Å². The van der Waals surface area contributed by atoms with E-state index < -0.39 is 5.97 Å². The number of amides is 1. The summed E-state index contributed by atoms with van der Waals surface area (Å²) in [4.78, 5) is 28.4. The van der Waals surface area contributed by atoms with E-state index in [9.17, 15) is 9.59 Å². The zero-order valence-electron chi connectivity index (χ0n) is 14.2. The number of anilines is 1. The zero-order valence-corrected chi connectivity index (χ0v) is 15.0. The first kappa shape index (κ1) is 17.1. The highest BCUT2D eigenvalue weighted by Gasteiger charge is 2.12. The molecule has 0 aliphatic rings. The molecule has 3 aromatic rings. The number of benzene rings is 2. The normalized spacial score (nSPS) is 10.9. The van der Waals surface area contributed by atoms with E-state index in [2.05, 4.69) is 24.1 Å². The maximum Gasteiger partial charge on any atom is 0.337 e. The number of esters is 1. The first-order valence-corrected chi connectivity index (χ1v) is 8.70. The number of nitrogens with one attached hydrogen (secondary N) is 1. The SMILES string of the molecule is COC(=O)c1ccc2nc(NC(=O)c3ccc(C(C)C)cc3)sc2c1. The highest BCUT2D eigenvalue weighted by Crippen LogP contribution is 2.27. The van der Waals surface area contributed by atoms with Crippen LogP contribution < -0.4 is 5.32 Å². The molecule has 3 rings (SSSR count). The number of fused-ring (bicyclic) bond motifs is 1. The highest BCUT2D eigenvalue weighted by molar-refractivity contribution is 7.22. The number of carbonyl (C=O) groups excluding carboxylic acids is 2. The van der Waals surface area contributed by atoms with E-state index in [0.29, 0.717) is 22.2 Å². The lowest BCUT2D eigenvalue weighted by atomic mass is 10.0. The average Bonchev–Trinajstić information content (AvgIpc) is 3.02. The Labute approximate surface area is 149 Å². The molecule has 1 aromatic heterocycles. The van der Waals surface area contributed by atoms with Crippen LogP contribution >= 0.6 is 11.3 Å². The Morgan fingerprint density at radius 2 is 1.76 bits per heavy atom. The van der Waals surface area contributed by atoms with Gasteiger partial charge in [-0.25, -0.2) is 9.78 Å². The van der Waals surface area contributed by atoms with Crippen molar-refractivity contribution in [3.05, 3.63) is 59.2 Å². The van der Waals surface area contributed by atoms with Gasteiger partial charge in [0.15, 0.2) is 5.13 Å². The molecule has 1 N–H and O–H groups in total. The van der Waals surface area contributed by atoms with Crippen LogP contribution in [0.5, 0.6) is 0 Å². The van der Waals surface area contributed by atoms with Gasteiger partial charge in [-0.1, -0.05) is 37.3 Å². The third kappa shape index (κ3) is 3.69. The summed E-state index contributed by atoms with van der Waals surface area (Å²) in [5, 5.41) is 3.31. The summed E-state index contributed by atoms with van der Waals surface area (Å²) in [6.45, 7) is 4.22. The Kier molecular flexibility index (Phi) is 4.81. The van der Waals surface area contributed by atoms with Gasteiger partial charge >= 0.3 is 5.97 Å². The molecule has 25 heavy (non-hydrogen) atoms. The Balaban J connectivity index is 1.80. The molecule has 0 saturated heterocycles. The second-order valence-corrected chi connectivity index (χ2v) is 6.95. The number of hydrogen-bond donors (Lipinski definition) is 1. The van der Waals surface area contributed by atoms with Gasteiger partial charge in [0, 0.05) is 5.56 Å². The molecular weight excluding hydrogens is 336 g/mol. The monoisotopic (exact) mass is 354 g/mol. The minimum atomic E-state index is -0.397. The number of ether oxygens (including phenoxy) is 1. The van der Waals surface area contributed by atoms with Crippen LogP contribution in [-0.2, 0) is 4.74 Å². The van der Waals surface area contributed by atoms with Crippen molar-refractivity contribution in [1.82, 2.24) is 4.98 Å². The topological polar surface area (TPSA) is 68.3 Å². The van der Waals surface area contributed by atoms with Crippen molar-refractivity contribution in [2.75, 3.05) is 12.4 Å². The van der Waals surface area contributed by atoms with Crippen molar-refractivity contribution in [2.24, 2.45) is 0 Å². The lowest BCUT2D eigenvalue weighted by molar-refractivity contribution is 0.0601. The van der Waals surface area contributed by atoms with E-state index in [1.165, 1.54) is 24.0 Å². The van der Waals surface area contributed by atoms with E-state index in [1.54, 1.807) is 18.2 Å². The van der Waals surface area contributed by atoms with Crippen molar-refractivity contribution < 1.29 is 14.3 Å². The summed E-state index contributed by atoms with van der Waals surface area (Å²) in [7, 11) is 1.34. The van der Waals surface area contributed by atoms with Crippen molar-refractivity contribution in [2.45, 2.75) is 19.8 Å². The Bertz CT molecular complexity index is 929. The molecule has 128 valence electrons. The maximum atomic E-state index is 12.4. The molecule has 1 heterocycles. The zero-order chi connectivity index (χ0) is 18.0. The lowest BCUT2D eigenvalue weighted by Gasteiger charge is -2.06. The third-order valence-corrected chi connectivity index (χ3v) is 4.80. The minimum Gasteiger partial charge on any atom is -0.465 e. The maximum absolute atomic E-state index is 12.4. The summed E-state index contributed by atoms with van der Waals surface area (Å²) < 4.78 is 5.53. The number of thiazole rings is 1. The van der Waals surface area contributed by atoms with Crippen molar-refractivity contribution in [3.63, 3.8) is 0 Å². The molecule has 0 aliphatic heterocycles. The molecule has 5 nitrogen and oxygen atoms in total. The Morgan fingerprint density at radius 1 is 1.08 bits per heavy atom. The van der Waals surface area contributed by atoms with Gasteiger partial charge in [-0.2, -0.15) is 0 Å². The van der Waals surface area contributed by atoms with Gasteiger partial charge < -0.3 is 4.74 Å². The fourth-order valence-corrected chi connectivity index (χ4v) is 3.31. The second-order valence-electron chi connectivity index (χ2n) is 5.92. The van der Waals surface area contributed by atoms with Gasteiger partial charge in [0.05, 0.1) is 22.9 Å². The number of nitrogens with zero attached hydrogens (tertiary/aromatic N) is 1. The van der Waals surface area contributed by atoms with Crippen LogP contribution in [0.4, 0.5) is 5.13 Å². The summed E-state index contributed by atoms with van der Waals surface area (Å²) in [5.41, 5.74) is 2.95. The molecule has 6 heteroatoms. The van der Waals surface area contributed by atoms with E-state index in [1.807, 2.05) is 24.3 Å². The summed E-state index contributed by atoms with van der Waals surface area (Å²) in [5.74, 6) is -0.181. The van der Waals surface area contributed by atoms with Crippen LogP contribution in [0.15, 0.2) is 42.5 Å². The number of carbonyl (C=O) groups is 2. The molecule has 0 radical (unpaired) electrons. The standard InChI is InChI=1S/C19H18N2O3S/c1-11(2)12-4-6-13(7-5-12)17(22)21-19-20-15-9-8-14(18(23)24-3)10-16(15)25-19/h4-11H,1-3H3,(H,20,21,22). The lowest BCUT2D eigenvalue weighted by Crippen LogP contribution is -2.11. The molecule has 0 unspecified atom stereocenters. The van der Waals surface area contributed by atoms with E-state index >= 15 is 0 Å². The van der Waals surface area contributed by atoms with Gasteiger partial charge in [-0.15, -0.1) is 0 Å². The molecule has 2 aromatic carbocycles. The molecular formula is C19H18N2O3S. The fourth-order valence-electron chi connectivity index (χ4n) is 2.41. The van der Waals surface area contributed by atoms with Crippen LogP contribution in [0.25, 0.3) is 10.2 Å². The van der Waals surface area contributed by atoms with E-state index in [4.69, 9.17) is 4.74 Å². The van der Waals surface area contributed by atoms with Crippen molar-refractivity contribution in [3.8, 4) is 0 Å². The smallest absolute Gasteiger partial charge is 0.337 e. The highest BCUT2D eigenvalue weighted by atomic mass is 32.1. The Morgan fingerprint density at radius 3 is 2.40 bits per heavy atom. The largest absolute Gasteiger partial charge is 0.465 e. The van der Waals surface area contributed by atoms with Crippen LogP contribution in [0.3, 0.4) is 0 Å². The van der Waals surface area contributed by atoms with E-state index in [0.717, 1.165) is 10.2 Å². The van der Waals surface area contributed by atoms with Gasteiger partial charge in [-0.3, -0.25) is 10.1 Å². The van der Waals surface area contributed by atoms with Crippen molar-refractivity contribution in [1.29, 1.82) is 0 Å². The summed E-state index contributed by atoms with van der Waals surface area (Å²) in [6.07, 6.45) is 0. The van der Waals surface area contributed by atoms with Gasteiger partial charge in [0.1, 0.15) is 0 Å². The molecule has 0 atom stereocenters. The first-order valence-electron chi connectivity index (χ1n) is 7.88. The van der Waals surface area contributed by atoms with Gasteiger partial charge in [-0.05, 0) is 41.8 Å². The first-order chi connectivity index (χ1) is 12.0. The molecule has 0 aliphatic carbocycles. The second kappa shape index (κ2) is 7.03. The number of rotatable bonds is 4. The van der Waals surface area contributed by atoms with Crippen molar-refractivity contribution >= 4 is 38.6 Å². The number of methoxy groups -OCH3 is 1. The van der Waals surface area contributed by atoms with Crippen LogP contribution in [-0.4, -0.2) is 24.0 Å². The molecule has 0 fully saturated rings. The predicted molar refractivity (Wildman–Crippen MR) is 99.4 cm³/mol. The summed E-state index contributed by atoms with van der Waals surface area (Å²) in [6, 6.07) is 12.7. The van der Waals surface area contributed by atoms with Crippen LogP contribution in [0.1, 0.15) is 46.0 Å². The molecule has 0 spiro atoms. The number of hydrogen-bond acceptors (Lipinski definition) is 5. The molecule has 0 bridgehead atoms. The van der Waals surface area contributed by atoms with E-state index in [-0.39, 0.29) is 5.91 Å². The van der Waals surface area contributed by atoms with Gasteiger partial charge in [0.25, 0.3) is 5.91 Å². The number of aromatic nitrogens is 1. The van der Waals surface area contributed by atoms with Crippen LogP contribution in [0.2, 0.25) is 0 Å². The quantitative estimate of drug-likeness (QED) is 0.703. The predicted octanol–water partition coefficient (Wildman–Crippen LogP) is 4.46. The van der Waals surface area contributed by atoms with Crippen LogP contribution in [0, 0.1) is 0 Å². The fraction of sp³-hybridized carbons (Fsp3) is 0.211. The Hall–Kier alpha value is -2.73. The average molecular weight is 354 g/mol. The summed E-state index contributed by atoms with van der Waals surface area (Å²) >= 11 is 1.32.